The molecular formula is C14H21BrN4S. The zero-order valence-electron chi connectivity index (χ0n) is 12.0. The summed E-state index contributed by atoms with van der Waals surface area (Å²) in [7, 11) is 4.39. The predicted octanol–water partition coefficient (Wildman–Crippen LogP) is 2.57. The van der Waals surface area contributed by atoms with Gasteiger partial charge in [0.25, 0.3) is 0 Å². The number of aromatic amines is 1. The third kappa shape index (κ3) is 3.13. The Morgan fingerprint density at radius 3 is 2.80 bits per heavy atom. The minimum atomic E-state index is 0.514. The lowest BCUT2D eigenvalue weighted by molar-refractivity contribution is 0.113. The zero-order valence-corrected chi connectivity index (χ0v) is 14.4. The zero-order chi connectivity index (χ0) is 14.3. The molecule has 2 heterocycles. The number of hydrogen-bond acceptors (Lipinski definition) is 4. The Morgan fingerprint density at radius 1 is 1.35 bits per heavy atom. The summed E-state index contributed by atoms with van der Waals surface area (Å²) >= 11 is 8.98. The van der Waals surface area contributed by atoms with Crippen LogP contribution in [0, 0.1) is 4.64 Å². The Labute approximate surface area is 133 Å². The summed E-state index contributed by atoms with van der Waals surface area (Å²) < 4.78 is 1.69. The monoisotopic (exact) mass is 356 g/mol. The molecule has 0 amide bonds. The molecule has 1 aromatic heterocycles. The first-order valence-corrected chi connectivity index (χ1v) is 8.42. The van der Waals surface area contributed by atoms with Gasteiger partial charge in [0.2, 0.25) is 0 Å². The van der Waals surface area contributed by atoms with Crippen LogP contribution < -0.4 is 0 Å². The van der Waals surface area contributed by atoms with Gasteiger partial charge in [-0.15, -0.1) is 0 Å². The van der Waals surface area contributed by atoms with Gasteiger partial charge in [0.05, 0.1) is 4.47 Å². The fraction of sp³-hybridized carbons (Fsp3) is 0.714. The van der Waals surface area contributed by atoms with Gasteiger partial charge in [-0.3, -0.25) is 0 Å². The lowest BCUT2D eigenvalue weighted by atomic mass is 10.1. The smallest absolute Gasteiger partial charge is 0.144 e. The lowest BCUT2D eigenvalue weighted by Crippen LogP contribution is -2.51. The first kappa shape index (κ1) is 14.6. The van der Waals surface area contributed by atoms with Crippen LogP contribution in [0.15, 0.2) is 4.47 Å². The molecule has 0 aromatic carbocycles. The molecule has 1 aromatic rings. The van der Waals surface area contributed by atoms with E-state index in [9.17, 15) is 0 Å². The fourth-order valence-corrected chi connectivity index (χ4v) is 3.55. The molecule has 1 saturated carbocycles. The molecule has 3 rings (SSSR count). The quantitative estimate of drug-likeness (QED) is 0.844. The Hall–Kier alpha value is -0.300. The molecule has 1 unspecified atom stereocenters. The van der Waals surface area contributed by atoms with Crippen LogP contribution in [0.4, 0.5) is 0 Å². The van der Waals surface area contributed by atoms with Crippen LogP contribution in [0.5, 0.6) is 0 Å². The summed E-state index contributed by atoms with van der Waals surface area (Å²) in [6.45, 7) is 3.35. The maximum absolute atomic E-state index is 5.39. The summed E-state index contributed by atoms with van der Waals surface area (Å²) in [6.07, 6.45) is 3.47. The topological polar surface area (TPSA) is 35.2 Å². The van der Waals surface area contributed by atoms with Crippen molar-refractivity contribution in [3.8, 4) is 0 Å². The highest BCUT2D eigenvalue weighted by atomic mass is 79.9. The number of rotatable bonds is 3. The normalized spacial score (nSPS) is 25.1. The maximum Gasteiger partial charge on any atom is 0.144 e. The molecule has 4 nitrogen and oxygen atoms in total. The van der Waals surface area contributed by atoms with E-state index in [4.69, 9.17) is 12.2 Å². The Balaban J connectivity index is 1.81. The van der Waals surface area contributed by atoms with Crippen molar-refractivity contribution in [2.24, 2.45) is 0 Å². The predicted molar refractivity (Wildman–Crippen MR) is 86.7 cm³/mol. The van der Waals surface area contributed by atoms with Gasteiger partial charge in [0, 0.05) is 43.7 Å². The molecule has 1 atom stereocenters. The van der Waals surface area contributed by atoms with Crippen molar-refractivity contribution in [2.45, 2.75) is 31.2 Å². The molecule has 0 bridgehead atoms. The number of aromatic nitrogens is 2. The highest BCUT2D eigenvalue weighted by Crippen LogP contribution is 2.42. The van der Waals surface area contributed by atoms with Crippen LogP contribution >= 0.6 is 28.1 Å². The van der Waals surface area contributed by atoms with E-state index < -0.39 is 0 Å². The third-order valence-corrected chi connectivity index (χ3v) is 5.70. The van der Waals surface area contributed by atoms with Crippen molar-refractivity contribution in [2.75, 3.05) is 33.7 Å². The number of piperazine rings is 1. The van der Waals surface area contributed by atoms with Crippen LogP contribution in [0.3, 0.4) is 0 Å². The van der Waals surface area contributed by atoms with Crippen LogP contribution in [-0.2, 0) is 6.42 Å². The van der Waals surface area contributed by atoms with Crippen LogP contribution in [0.25, 0.3) is 0 Å². The minimum absolute atomic E-state index is 0.514. The number of nitrogens with zero attached hydrogens (tertiary/aromatic N) is 3. The molecule has 1 aliphatic carbocycles. The van der Waals surface area contributed by atoms with Crippen molar-refractivity contribution >= 4 is 28.1 Å². The second-order valence-corrected chi connectivity index (χ2v) is 7.27. The summed E-state index contributed by atoms with van der Waals surface area (Å²) in [5.74, 6) is 1.69. The van der Waals surface area contributed by atoms with E-state index >= 15 is 0 Å². The van der Waals surface area contributed by atoms with Crippen molar-refractivity contribution in [1.82, 2.24) is 19.8 Å². The molecular weight excluding hydrogens is 336 g/mol. The number of halogens is 1. The van der Waals surface area contributed by atoms with Gasteiger partial charge in [0.15, 0.2) is 0 Å². The van der Waals surface area contributed by atoms with E-state index in [-0.39, 0.29) is 0 Å². The van der Waals surface area contributed by atoms with Crippen molar-refractivity contribution in [3.05, 3.63) is 20.6 Å². The average molecular weight is 357 g/mol. The number of nitrogens with one attached hydrogen (secondary N) is 1. The minimum Gasteiger partial charge on any atom is -0.346 e. The molecule has 1 saturated heterocycles. The van der Waals surface area contributed by atoms with Gasteiger partial charge in [-0.05, 0) is 42.9 Å². The summed E-state index contributed by atoms with van der Waals surface area (Å²) in [5, 5.41) is 0. The standard InChI is InChI=1S/C14H21BrN4S/c1-18-5-6-19(2)10(8-18)7-11-16-13(9-3-4-9)12(15)14(20)17-11/h9-10H,3-8H2,1-2H3,(H,16,17,20). The lowest BCUT2D eigenvalue weighted by Gasteiger charge is -2.37. The van der Waals surface area contributed by atoms with Gasteiger partial charge in [-0.1, -0.05) is 12.2 Å². The average Bonchev–Trinajstić information content (AvgIpc) is 3.22. The van der Waals surface area contributed by atoms with Crippen LogP contribution in [0.2, 0.25) is 0 Å². The van der Waals surface area contributed by atoms with Gasteiger partial charge >= 0.3 is 0 Å². The molecule has 1 N–H and O–H groups in total. The number of H-pyrrole nitrogens is 1. The molecule has 110 valence electrons. The molecule has 0 spiro atoms. The first-order chi connectivity index (χ1) is 9.54. The SMILES string of the molecule is CN1CCN(C)C(Cc2nc(=S)c(Br)c(C3CC3)[nH]2)C1. The van der Waals surface area contributed by atoms with Gasteiger partial charge in [0.1, 0.15) is 10.5 Å². The van der Waals surface area contributed by atoms with E-state index in [2.05, 4.69) is 49.8 Å². The molecule has 2 aliphatic rings. The third-order valence-electron chi connectivity index (χ3n) is 4.33. The van der Waals surface area contributed by atoms with Crippen molar-refractivity contribution < 1.29 is 0 Å². The molecule has 6 heteroatoms. The number of likely N-dealkylation sites (N-methyl/N-ethyl adjacent to an activating group) is 2. The van der Waals surface area contributed by atoms with E-state index in [1.54, 1.807) is 0 Å². The Kier molecular flexibility index (Phi) is 4.26. The van der Waals surface area contributed by atoms with E-state index in [0.29, 0.717) is 16.6 Å². The van der Waals surface area contributed by atoms with Gasteiger partial charge in [-0.25, -0.2) is 4.98 Å². The molecule has 1 aliphatic heterocycles. The van der Waals surface area contributed by atoms with Gasteiger partial charge < -0.3 is 14.8 Å². The molecule has 20 heavy (non-hydrogen) atoms. The Morgan fingerprint density at radius 2 is 2.10 bits per heavy atom. The van der Waals surface area contributed by atoms with Crippen LogP contribution in [0.1, 0.15) is 30.3 Å². The highest BCUT2D eigenvalue weighted by molar-refractivity contribution is 9.10. The van der Waals surface area contributed by atoms with E-state index in [1.807, 2.05) is 0 Å². The summed E-state index contributed by atoms with van der Waals surface area (Å²) in [6, 6.07) is 0.514. The van der Waals surface area contributed by atoms with Crippen molar-refractivity contribution in [1.29, 1.82) is 0 Å². The van der Waals surface area contributed by atoms with Crippen LogP contribution in [-0.4, -0.2) is 59.5 Å². The van der Waals surface area contributed by atoms with Crippen molar-refractivity contribution in [3.63, 3.8) is 0 Å². The first-order valence-electron chi connectivity index (χ1n) is 7.22. The maximum atomic E-state index is 5.39. The number of hydrogen-bond donors (Lipinski definition) is 1. The summed E-state index contributed by atoms with van der Waals surface area (Å²) in [4.78, 5) is 12.9. The largest absolute Gasteiger partial charge is 0.346 e. The van der Waals surface area contributed by atoms with E-state index in [1.165, 1.54) is 18.5 Å². The second-order valence-electron chi connectivity index (χ2n) is 6.09. The summed E-state index contributed by atoms with van der Waals surface area (Å²) in [5.41, 5.74) is 1.26. The van der Waals surface area contributed by atoms with E-state index in [0.717, 1.165) is 36.4 Å². The Bertz CT molecular complexity index is 555. The fourth-order valence-electron chi connectivity index (χ4n) is 2.82. The molecule has 2 fully saturated rings. The highest BCUT2D eigenvalue weighted by Gasteiger charge is 2.28. The molecule has 0 radical (unpaired) electrons. The second kappa shape index (κ2) is 5.83. The van der Waals surface area contributed by atoms with Gasteiger partial charge in [-0.2, -0.15) is 0 Å².